The number of hydrogen-bond acceptors (Lipinski definition) is 2. The Hall–Kier alpha value is -0.770. The first-order valence-electron chi connectivity index (χ1n) is 5.83. The van der Waals surface area contributed by atoms with E-state index < -0.39 is 0 Å². The van der Waals surface area contributed by atoms with Crippen LogP contribution in [0.2, 0.25) is 0 Å². The minimum atomic E-state index is 0.366. The molecule has 3 N–H and O–H groups in total. The fraction of sp³-hybridized carbons (Fsp3) is 0.909. The average molecular weight is 211 g/mol. The van der Waals surface area contributed by atoms with Crippen molar-refractivity contribution in [3.8, 4) is 0 Å². The molecule has 0 heterocycles. The monoisotopic (exact) mass is 211 g/mol. The zero-order valence-corrected chi connectivity index (χ0v) is 9.62. The van der Waals surface area contributed by atoms with Crippen LogP contribution in [0.25, 0.3) is 0 Å². The van der Waals surface area contributed by atoms with Crippen molar-refractivity contribution >= 4 is 5.96 Å². The summed E-state index contributed by atoms with van der Waals surface area (Å²) in [4.78, 5) is 3.95. The highest BCUT2D eigenvalue weighted by Gasteiger charge is 2.59. The maximum atomic E-state index is 5.76. The lowest BCUT2D eigenvalue weighted by Gasteiger charge is -2.61. The number of ether oxygens (including phenoxy) is 1. The smallest absolute Gasteiger partial charge is 0.188 e. The van der Waals surface area contributed by atoms with E-state index in [1.165, 1.54) is 19.3 Å². The molecule has 2 aliphatic rings. The molecule has 2 aliphatic carbocycles. The van der Waals surface area contributed by atoms with Gasteiger partial charge in [-0.15, -0.1) is 0 Å². The van der Waals surface area contributed by atoms with E-state index in [1.54, 1.807) is 7.05 Å². The Morgan fingerprint density at radius 2 is 2.33 bits per heavy atom. The maximum absolute atomic E-state index is 5.76. The largest absolute Gasteiger partial charge is 0.378 e. The van der Waals surface area contributed by atoms with Crippen LogP contribution in [0.1, 0.15) is 32.6 Å². The van der Waals surface area contributed by atoms with Gasteiger partial charge in [-0.1, -0.05) is 6.42 Å². The Labute approximate surface area is 91.3 Å². The quantitative estimate of drug-likeness (QED) is 0.538. The van der Waals surface area contributed by atoms with Crippen LogP contribution >= 0.6 is 0 Å². The Kier molecular flexibility index (Phi) is 2.87. The van der Waals surface area contributed by atoms with E-state index in [0.717, 1.165) is 13.0 Å². The van der Waals surface area contributed by atoms with Crippen molar-refractivity contribution in [2.45, 2.75) is 44.8 Å². The van der Waals surface area contributed by atoms with Crippen LogP contribution in [0, 0.1) is 5.41 Å². The van der Waals surface area contributed by atoms with Gasteiger partial charge in [0.1, 0.15) is 0 Å². The average Bonchev–Trinajstić information content (AvgIpc) is 2.13. The van der Waals surface area contributed by atoms with Crippen molar-refractivity contribution in [3.63, 3.8) is 0 Å². The molecule has 2 saturated carbocycles. The molecule has 2 fully saturated rings. The molecule has 0 aromatic rings. The third kappa shape index (κ3) is 1.61. The summed E-state index contributed by atoms with van der Waals surface area (Å²) >= 11 is 0. The Morgan fingerprint density at radius 3 is 2.80 bits per heavy atom. The predicted octanol–water partition coefficient (Wildman–Crippen LogP) is 0.868. The maximum Gasteiger partial charge on any atom is 0.188 e. The van der Waals surface area contributed by atoms with Crippen LogP contribution in [0.3, 0.4) is 0 Å². The zero-order chi connectivity index (χ0) is 10.9. The fourth-order valence-corrected chi connectivity index (χ4v) is 2.88. The normalized spacial score (nSPS) is 33.3. The van der Waals surface area contributed by atoms with Gasteiger partial charge in [-0.25, -0.2) is 0 Å². The van der Waals surface area contributed by atoms with E-state index in [2.05, 4.69) is 17.2 Å². The van der Waals surface area contributed by atoms with Crippen molar-refractivity contribution in [1.29, 1.82) is 0 Å². The van der Waals surface area contributed by atoms with E-state index in [9.17, 15) is 0 Å². The van der Waals surface area contributed by atoms with Gasteiger partial charge >= 0.3 is 0 Å². The molecule has 2 unspecified atom stereocenters. The van der Waals surface area contributed by atoms with Gasteiger partial charge in [-0.3, -0.25) is 4.99 Å². The molecule has 0 amide bonds. The van der Waals surface area contributed by atoms with Gasteiger partial charge in [0.25, 0.3) is 0 Å². The Balaban J connectivity index is 1.93. The van der Waals surface area contributed by atoms with Gasteiger partial charge in [-0.2, -0.15) is 0 Å². The van der Waals surface area contributed by atoms with Crippen LogP contribution in [-0.2, 0) is 4.74 Å². The molecular formula is C11H21N3O. The molecule has 0 radical (unpaired) electrons. The van der Waals surface area contributed by atoms with Gasteiger partial charge in [0.05, 0.1) is 6.10 Å². The number of hydrogen-bond donors (Lipinski definition) is 2. The second kappa shape index (κ2) is 4.00. The number of aliphatic imine (C=N–C) groups is 1. The summed E-state index contributed by atoms with van der Waals surface area (Å²) < 4.78 is 5.76. The molecule has 2 atom stereocenters. The third-order valence-electron chi connectivity index (χ3n) is 4.00. The van der Waals surface area contributed by atoms with Crippen molar-refractivity contribution in [1.82, 2.24) is 5.32 Å². The van der Waals surface area contributed by atoms with E-state index in [1.807, 2.05) is 0 Å². The molecular weight excluding hydrogens is 190 g/mol. The topological polar surface area (TPSA) is 59.6 Å². The summed E-state index contributed by atoms with van der Waals surface area (Å²) in [6.45, 7) is 2.88. The molecule has 0 saturated heterocycles. The number of rotatable bonds is 3. The minimum Gasteiger partial charge on any atom is -0.378 e. The number of guanidine groups is 1. The van der Waals surface area contributed by atoms with Gasteiger partial charge in [0.15, 0.2) is 5.96 Å². The zero-order valence-electron chi connectivity index (χ0n) is 9.62. The molecule has 0 aromatic heterocycles. The fourth-order valence-electron chi connectivity index (χ4n) is 2.88. The highest BCUT2D eigenvalue weighted by atomic mass is 16.5. The molecule has 4 nitrogen and oxygen atoms in total. The number of nitrogens with zero attached hydrogens (tertiary/aromatic N) is 1. The van der Waals surface area contributed by atoms with Crippen molar-refractivity contribution < 1.29 is 4.74 Å². The summed E-state index contributed by atoms with van der Waals surface area (Å²) in [7, 11) is 1.72. The SMILES string of the molecule is CCOC1CC(NC(N)=NC)C12CCC2. The number of nitrogens with one attached hydrogen (secondary N) is 1. The molecule has 86 valence electrons. The predicted molar refractivity (Wildman–Crippen MR) is 60.8 cm³/mol. The first-order chi connectivity index (χ1) is 7.23. The lowest BCUT2D eigenvalue weighted by Crippen LogP contribution is -2.68. The first-order valence-corrected chi connectivity index (χ1v) is 5.83. The van der Waals surface area contributed by atoms with E-state index >= 15 is 0 Å². The Morgan fingerprint density at radius 1 is 1.60 bits per heavy atom. The van der Waals surface area contributed by atoms with E-state index in [0.29, 0.717) is 23.5 Å². The summed E-state index contributed by atoms with van der Waals surface area (Å²) in [5, 5.41) is 3.29. The van der Waals surface area contributed by atoms with Gasteiger partial charge in [0, 0.05) is 25.1 Å². The molecule has 0 aliphatic heterocycles. The van der Waals surface area contributed by atoms with Gasteiger partial charge in [0.2, 0.25) is 0 Å². The summed E-state index contributed by atoms with van der Waals surface area (Å²) in [6, 6.07) is 0.478. The summed E-state index contributed by atoms with van der Waals surface area (Å²) in [6.07, 6.45) is 5.38. The molecule has 0 aromatic carbocycles. The van der Waals surface area contributed by atoms with Crippen LogP contribution in [0.5, 0.6) is 0 Å². The number of nitrogens with two attached hydrogens (primary N) is 1. The van der Waals surface area contributed by atoms with Crippen LogP contribution < -0.4 is 11.1 Å². The lowest BCUT2D eigenvalue weighted by molar-refractivity contribution is -0.168. The highest BCUT2D eigenvalue weighted by Crippen LogP contribution is 2.57. The molecule has 15 heavy (non-hydrogen) atoms. The van der Waals surface area contributed by atoms with Crippen LogP contribution in [0.15, 0.2) is 4.99 Å². The van der Waals surface area contributed by atoms with Crippen molar-refractivity contribution in [3.05, 3.63) is 0 Å². The van der Waals surface area contributed by atoms with E-state index in [-0.39, 0.29) is 0 Å². The van der Waals surface area contributed by atoms with Gasteiger partial charge in [-0.05, 0) is 26.2 Å². The van der Waals surface area contributed by atoms with E-state index in [4.69, 9.17) is 10.5 Å². The summed E-state index contributed by atoms with van der Waals surface area (Å²) in [5.41, 5.74) is 6.07. The summed E-state index contributed by atoms with van der Waals surface area (Å²) in [5.74, 6) is 0.557. The van der Waals surface area contributed by atoms with Gasteiger partial charge < -0.3 is 15.8 Å². The Bertz CT molecular complexity index is 261. The molecule has 2 rings (SSSR count). The van der Waals surface area contributed by atoms with Crippen LogP contribution in [0.4, 0.5) is 0 Å². The molecule has 4 heteroatoms. The van der Waals surface area contributed by atoms with Crippen LogP contribution in [-0.4, -0.2) is 31.8 Å². The third-order valence-corrected chi connectivity index (χ3v) is 4.00. The standard InChI is InChI=1S/C11H21N3O/c1-3-15-9-7-8(14-10(12)13-2)11(9)5-4-6-11/h8-9H,3-7H2,1-2H3,(H3,12,13,14). The molecule has 0 bridgehead atoms. The highest BCUT2D eigenvalue weighted by molar-refractivity contribution is 5.78. The van der Waals surface area contributed by atoms with Crippen molar-refractivity contribution in [2.75, 3.05) is 13.7 Å². The second-order valence-electron chi connectivity index (χ2n) is 4.57. The molecule has 1 spiro atoms. The van der Waals surface area contributed by atoms with Crippen molar-refractivity contribution in [2.24, 2.45) is 16.1 Å². The first kappa shape index (κ1) is 10.7. The lowest BCUT2D eigenvalue weighted by atomic mass is 9.51. The minimum absolute atomic E-state index is 0.366. The second-order valence-corrected chi connectivity index (χ2v) is 4.57.